The van der Waals surface area contributed by atoms with Gasteiger partial charge in [0.15, 0.2) is 0 Å². The van der Waals surface area contributed by atoms with Crippen molar-refractivity contribution in [2.24, 2.45) is 0 Å². The van der Waals surface area contributed by atoms with Crippen LogP contribution in [0.1, 0.15) is 19.3 Å². The molecule has 1 saturated heterocycles. The number of hydrogen-bond acceptors (Lipinski definition) is 7. The lowest BCUT2D eigenvalue weighted by Gasteiger charge is -2.25. The summed E-state index contributed by atoms with van der Waals surface area (Å²) in [4.78, 5) is 14.4. The summed E-state index contributed by atoms with van der Waals surface area (Å²) in [5.41, 5.74) is 0.514. The molecular weight excluding hydrogens is 342 g/mol. The van der Waals surface area contributed by atoms with Gasteiger partial charge in [0.05, 0.1) is 19.9 Å². The molecule has 1 aliphatic heterocycles. The Kier molecular flexibility index (Phi) is 5.54. The van der Waals surface area contributed by atoms with Crippen LogP contribution >= 0.6 is 11.3 Å². The molecule has 3 rings (SSSR count). The highest BCUT2D eigenvalue weighted by atomic mass is 32.1. The molecule has 2 amide bonds. The minimum Gasteiger partial charge on any atom is -0.497 e. The van der Waals surface area contributed by atoms with E-state index < -0.39 is 6.03 Å². The topological polar surface area (TPSA) is 88.6 Å². The number of urea groups is 1. The second-order valence-electron chi connectivity index (χ2n) is 5.58. The number of nitrogens with one attached hydrogen (secondary N) is 2. The number of amides is 2. The van der Waals surface area contributed by atoms with Crippen LogP contribution in [0.3, 0.4) is 0 Å². The summed E-state index contributed by atoms with van der Waals surface area (Å²) >= 11 is 1.37. The number of carbonyl (C=O) groups is 1. The summed E-state index contributed by atoms with van der Waals surface area (Å²) in [6.07, 6.45) is 3.59. The molecule has 1 aliphatic rings. The van der Waals surface area contributed by atoms with E-state index in [1.165, 1.54) is 30.6 Å². The van der Waals surface area contributed by atoms with Crippen molar-refractivity contribution in [3.8, 4) is 11.5 Å². The van der Waals surface area contributed by atoms with Gasteiger partial charge in [-0.1, -0.05) is 11.3 Å². The van der Waals surface area contributed by atoms with E-state index >= 15 is 0 Å². The molecule has 9 heteroatoms. The highest BCUT2D eigenvalue weighted by Gasteiger charge is 2.17. The van der Waals surface area contributed by atoms with Gasteiger partial charge in [-0.25, -0.2) is 4.79 Å². The predicted octanol–water partition coefficient (Wildman–Crippen LogP) is 3.19. The van der Waals surface area contributed by atoms with Crippen LogP contribution in [0.25, 0.3) is 0 Å². The van der Waals surface area contributed by atoms with Crippen LogP contribution in [-0.2, 0) is 0 Å². The molecule has 0 saturated carbocycles. The molecule has 2 aromatic rings. The lowest BCUT2D eigenvalue weighted by atomic mass is 10.1. The highest BCUT2D eigenvalue weighted by Crippen LogP contribution is 2.30. The Morgan fingerprint density at radius 1 is 1.12 bits per heavy atom. The Morgan fingerprint density at radius 2 is 1.92 bits per heavy atom. The number of anilines is 3. The molecule has 0 spiro atoms. The van der Waals surface area contributed by atoms with Gasteiger partial charge >= 0.3 is 6.03 Å². The lowest BCUT2D eigenvalue weighted by Crippen LogP contribution is -2.29. The average molecular weight is 363 g/mol. The summed E-state index contributed by atoms with van der Waals surface area (Å²) in [6, 6.07) is 4.77. The molecule has 8 nitrogen and oxygen atoms in total. The second kappa shape index (κ2) is 8.02. The van der Waals surface area contributed by atoms with Gasteiger partial charge in [-0.15, -0.1) is 10.2 Å². The molecule has 0 bridgehead atoms. The minimum absolute atomic E-state index is 0.409. The summed E-state index contributed by atoms with van der Waals surface area (Å²) in [5.74, 6) is 1.17. The first kappa shape index (κ1) is 17.3. The molecule has 0 aliphatic carbocycles. The number of piperidine rings is 1. The quantitative estimate of drug-likeness (QED) is 0.848. The van der Waals surface area contributed by atoms with Gasteiger partial charge in [-0.05, 0) is 31.4 Å². The van der Waals surface area contributed by atoms with Crippen LogP contribution < -0.4 is 25.0 Å². The molecular formula is C16H21N5O3S. The fourth-order valence-corrected chi connectivity index (χ4v) is 3.43. The van der Waals surface area contributed by atoms with E-state index in [-0.39, 0.29) is 0 Å². The second-order valence-corrected chi connectivity index (χ2v) is 6.54. The van der Waals surface area contributed by atoms with Crippen LogP contribution in [0.15, 0.2) is 18.2 Å². The van der Waals surface area contributed by atoms with Gasteiger partial charge in [-0.2, -0.15) is 0 Å². The van der Waals surface area contributed by atoms with Gasteiger partial charge in [0, 0.05) is 19.2 Å². The van der Waals surface area contributed by atoms with Crippen molar-refractivity contribution < 1.29 is 14.3 Å². The van der Waals surface area contributed by atoms with Crippen molar-refractivity contribution in [1.29, 1.82) is 0 Å². The molecule has 0 unspecified atom stereocenters. The van der Waals surface area contributed by atoms with Crippen LogP contribution in [0.2, 0.25) is 0 Å². The monoisotopic (exact) mass is 363 g/mol. The Labute approximate surface area is 150 Å². The van der Waals surface area contributed by atoms with E-state index in [2.05, 4.69) is 25.7 Å². The standard InChI is InChI=1S/C16H21N5O3S/c1-23-11-6-7-13(24-2)12(10-11)17-14(22)18-15-19-20-16(25-15)21-8-4-3-5-9-21/h6-7,10H,3-5,8-9H2,1-2H3,(H2,17,18,19,22). The zero-order valence-corrected chi connectivity index (χ0v) is 15.1. The van der Waals surface area contributed by atoms with E-state index in [0.717, 1.165) is 18.2 Å². The van der Waals surface area contributed by atoms with Gasteiger partial charge in [-0.3, -0.25) is 5.32 Å². The van der Waals surface area contributed by atoms with Crippen LogP contribution in [-0.4, -0.2) is 43.5 Å². The van der Waals surface area contributed by atoms with Gasteiger partial charge in [0.1, 0.15) is 11.5 Å². The number of hydrogen-bond donors (Lipinski definition) is 2. The third-order valence-corrected chi connectivity index (χ3v) is 4.82. The van der Waals surface area contributed by atoms with Crippen LogP contribution in [0.5, 0.6) is 11.5 Å². The van der Waals surface area contributed by atoms with Crippen molar-refractivity contribution in [3.63, 3.8) is 0 Å². The molecule has 2 N–H and O–H groups in total. The van der Waals surface area contributed by atoms with E-state index in [0.29, 0.717) is 22.3 Å². The third-order valence-electron chi connectivity index (χ3n) is 3.92. The molecule has 1 fully saturated rings. The smallest absolute Gasteiger partial charge is 0.325 e. The first-order valence-electron chi connectivity index (χ1n) is 8.08. The summed E-state index contributed by atoms with van der Waals surface area (Å²) in [7, 11) is 3.11. The zero-order chi connectivity index (χ0) is 17.6. The Morgan fingerprint density at radius 3 is 2.64 bits per heavy atom. The number of ether oxygens (including phenoxy) is 2. The predicted molar refractivity (Wildman–Crippen MR) is 98.2 cm³/mol. The first-order valence-corrected chi connectivity index (χ1v) is 8.89. The number of methoxy groups -OCH3 is 2. The van der Waals surface area contributed by atoms with Gasteiger partial charge in [0.2, 0.25) is 10.3 Å². The highest BCUT2D eigenvalue weighted by molar-refractivity contribution is 7.19. The number of nitrogens with zero attached hydrogens (tertiary/aromatic N) is 3. The van der Waals surface area contributed by atoms with E-state index in [9.17, 15) is 4.79 Å². The minimum atomic E-state index is -0.409. The van der Waals surface area contributed by atoms with Crippen molar-refractivity contribution in [2.45, 2.75) is 19.3 Å². The molecule has 1 aromatic heterocycles. The van der Waals surface area contributed by atoms with Crippen LogP contribution in [0, 0.1) is 0 Å². The first-order chi connectivity index (χ1) is 12.2. The van der Waals surface area contributed by atoms with Gasteiger partial charge < -0.3 is 19.7 Å². The Balaban J connectivity index is 1.64. The Hall–Kier alpha value is -2.55. The largest absolute Gasteiger partial charge is 0.497 e. The number of rotatable bonds is 5. The van der Waals surface area contributed by atoms with Crippen molar-refractivity contribution >= 4 is 33.3 Å². The zero-order valence-electron chi connectivity index (χ0n) is 14.2. The maximum Gasteiger partial charge on any atom is 0.325 e. The number of aromatic nitrogens is 2. The maximum absolute atomic E-state index is 12.2. The van der Waals surface area contributed by atoms with Gasteiger partial charge in [0.25, 0.3) is 0 Å². The number of benzene rings is 1. The fourth-order valence-electron chi connectivity index (χ4n) is 2.64. The third kappa shape index (κ3) is 4.30. The summed E-state index contributed by atoms with van der Waals surface area (Å²) < 4.78 is 10.4. The molecule has 0 atom stereocenters. The van der Waals surface area contributed by atoms with Crippen molar-refractivity contribution in [1.82, 2.24) is 10.2 Å². The summed E-state index contributed by atoms with van der Waals surface area (Å²) in [6.45, 7) is 1.98. The SMILES string of the molecule is COc1ccc(OC)c(NC(=O)Nc2nnc(N3CCCCC3)s2)c1. The maximum atomic E-state index is 12.2. The molecule has 134 valence electrons. The molecule has 25 heavy (non-hydrogen) atoms. The van der Waals surface area contributed by atoms with E-state index in [4.69, 9.17) is 9.47 Å². The fraction of sp³-hybridized carbons (Fsp3) is 0.438. The molecule has 0 radical (unpaired) electrons. The Bertz CT molecular complexity index is 730. The lowest BCUT2D eigenvalue weighted by molar-refractivity contribution is 0.262. The number of carbonyl (C=O) groups excluding carboxylic acids is 1. The van der Waals surface area contributed by atoms with E-state index in [1.54, 1.807) is 32.4 Å². The molecule has 2 heterocycles. The average Bonchev–Trinajstić information content (AvgIpc) is 3.10. The normalized spacial score (nSPS) is 14.1. The van der Waals surface area contributed by atoms with Crippen molar-refractivity contribution in [2.75, 3.05) is 42.8 Å². The van der Waals surface area contributed by atoms with E-state index in [1.807, 2.05) is 0 Å². The molecule has 1 aromatic carbocycles. The van der Waals surface area contributed by atoms with Crippen LogP contribution in [0.4, 0.5) is 20.7 Å². The van der Waals surface area contributed by atoms with Crippen molar-refractivity contribution in [3.05, 3.63) is 18.2 Å². The summed E-state index contributed by atoms with van der Waals surface area (Å²) in [5, 5.41) is 15.0.